The van der Waals surface area contributed by atoms with Gasteiger partial charge in [0.25, 0.3) is 0 Å². The van der Waals surface area contributed by atoms with Crippen molar-refractivity contribution in [3.8, 4) is 0 Å². The molecule has 3 amide bonds. The molecule has 0 unspecified atom stereocenters. The first-order valence-corrected chi connectivity index (χ1v) is 6.37. The Labute approximate surface area is 113 Å². The van der Waals surface area contributed by atoms with Crippen molar-refractivity contribution >= 4 is 29.2 Å². The Kier molecular flexibility index (Phi) is 5.73. The normalized spacial score (nSPS) is 9.74. The number of hydrogen-bond acceptors (Lipinski definition) is 5. The van der Waals surface area contributed by atoms with Crippen molar-refractivity contribution in [1.82, 2.24) is 20.9 Å². The number of aromatic carboxylic acids is 1. The predicted molar refractivity (Wildman–Crippen MR) is 68.0 cm³/mol. The van der Waals surface area contributed by atoms with Crippen LogP contribution in [0.2, 0.25) is 0 Å². The van der Waals surface area contributed by atoms with Crippen molar-refractivity contribution in [2.24, 2.45) is 0 Å². The number of carboxylic acid groups (broad SMARTS) is 1. The Morgan fingerprint density at radius 3 is 2.63 bits per heavy atom. The molecule has 1 rings (SSSR count). The largest absolute Gasteiger partial charge is 0.476 e. The Morgan fingerprint density at radius 1 is 1.32 bits per heavy atom. The third-order valence-corrected chi connectivity index (χ3v) is 2.80. The number of aromatic nitrogens is 1. The van der Waals surface area contributed by atoms with Crippen LogP contribution >= 0.6 is 11.3 Å². The highest BCUT2D eigenvalue weighted by atomic mass is 32.1. The topological polar surface area (TPSA) is 120 Å². The van der Waals surface area contributed by atoms with Gasteiger partial charge in [-0.2, -0.15) is 0 Å². The van der Waals surface area contributed by atoms with Crippen LogP contribution in [0.4, 0.5) is 4.79 Å². The van der Waals surface area contributed by atoms with Crippen molar-refractivity contribution < 1.29 is 19.5 Å². The second-order valence-corrected chi connectivity index (χ2v) is 4.36. The molecule has 0 saturated carbocycles. The van der Waals surface area contributed by atoms with E-state index in [9.17, 15) is 14.4 Å². The van der Waals surface area contributed by atoms with Crippen molar-refractivity contribution in [3.63, 3.8) is 0 Å². The fraction of sp³-hybridized carbons (Fsp3) is 0.400. The number of hydrogen-bond donors (Lipinski definition) is 4. The molecule has 0 radical (unpaired) electrons. The molecule has 0 saturated heterocycles. The van der Waals surface area contributed by atoms with Crippen LogP contribution in [0, 0.1) is 0 Å². The lowest BCUT2D eigenvalue weighted by Crippen LogP contribution is -2.41. The smallest absolute Gasteiger partial charge is 0.355 e. The Morgan fingerprint density at radius 2 is 2.05 bits per heavy atom. The minimum Gasteiger partial charge on any atom is -0.476 e. The predicted octanol–water partition coefficient (Wildman–Crippen LogP) is -0.223. The monoisotopic (exact) mass is 286 g/mol. The number of likely N-dealkylation sites (N-methyl/N-ethyl adjacent to an activating group) is 1. The summed E-state index contributed by atoms with van der Waals surface area (Å²) in [6.07, 6.45) is 0. The van der Waals surface area contributed by atoms with E-state index in [1.807, 2.05) is 0 Å². The van der Waals surface area contributed by atoms with Crippen molar-refractivity contribution in [1.29, 1.82) is 0 Å². The molecular weight excluding hydrogens is 272 g/mol. The molecule has 0 fully saturated rings. The van der Waals surface area contributed by atoms with Crippen molar-refractivity contribution in [2.75, 3.05) is 13.1 Å². The van der Waals surface area contributed by atoms with E-state index in [-0.39, 0.29) is 24.7 Å². The van der Waals surface area contributed by atoms with E-state index >= 15 is 0 Å². The van der Waals surface area contributed by atoms with Crippen LogP contribution in [0.15, 0.2) is 5.38 Å². The Bertz CT molecular complexity index is 474. The number of amides is 3. The van der Waals surface area contributed by atoms with E-state index in [1.165, 1.54) is 5.38 Å². The molecule has 0 bridgehead atoms. The van der Waals surface area contributed by atoms with Gasteiger partial charge in [0.2, 0.25) is 5.91 Å². The molecule has 1 heterocycles. The lowest BCUT2D eigenvalue weighted by molar-refractivity contribution is -0.119. The second-order valence-electron chi connectivity index (χ2n) is 3.42. The number of nitrogens with one attached hydrogen (secondary N) is 3. The van der Waals surface area contributed by atoms with Gasteiger partial charge >= 0.3 is 12.0 Å². The molecule has 4 N–H and O–H groups in total. The van der Waals surface area contributed by atoms with Crippen molar-refractivity contribution in [3.05, 3.63) is 16.1 Å². The molecule has 1 aromatic heterocycles. The number of nitrogens with zero attached hydrogens (tertiary/aromatic N) is 1. The van der Waals surface area contributed by atoms with Gasteiger partial charge in [-0.1, -0.05) is 0 Å². The number of thiazole rings is 1. The summed E-state index contributed by atoms with van der Waals surface area (Å²) >= 11 is 1.14. The summed E-state index contributed by atoms with van der Waals surface area (Å²) in [5.74, 6) is -1.39. The summed E-state index contributed by atoms with van der Waals surface area (Å²) in [5.41, 5.74) is -0.0514. The molecule has 104 valence electrons. The molecular formula is C10H14N4O4S. The number of carbonyl (C=O) groups excluding carboxylic acids is 2. The van der Waals surface area contributed by atoms with E-state index in [4.69, 9.17) is 5.11 Å². The van der Waals surface area contributed by atoms with Gasteiger partial charge in [-0.3, -0.25) is 4.79 Å². The summed E-state index contributed by atoms with van der Waals surface area (Å²) in [4.78, 5) is 36.8. The lowest BCUT2D eigenvalue weighted by Gasteiger charge is -2.06. The lowest BCUT2D eigenvalue weighted by atomic mass is 10.5. The molecule has 0 spiro atoms. The zero-order valence-corrected chi connectivity index (χ0v) is 11.0. The first kappa shape index (κ1) is 14.9. The van der Waals surface area contributed by atoms with Gasteiger partial charge in [-0.05, 0) is 6.92 Å². The Balaban J connectivity index is 2.29. The molecule has 0 aliphatic carbocycles. The minimum atomic E-state index is -1.11. The van der Waals surface area contributed by atoms with Crippen LogP contribution in [0.5, 0.6) is 0 Å². The minimum absolute atomic E-state index is 0.0514. The third-order valence-electron chi connectivity index (χ3n) is 1.95. The van der Waals surface area contributed by atoms with Gasteiger partial charge in [0.05, 0.1) is 13.1 Å². The van der Waals surface area contributed by atoms with Crippen LogP contribution in [-0.4, -0.2) is 41.1 Å². The summed E-state index contributed by atoms with van der Waals surface area (Å²) in [6, 6.07) is -0.515. The second kappa shape index (κ2) is 7.31. The zero-order chi connectivity index (χ0) is 14.3. The summed E-state index contributed by atoms with van der Waals surface area (Å²) < 4.78 is 0. The van der Waals surface area contributed by atoms with Gasteiger partial charge < -0.3 is 21.1 Å². The van der Waals surface area contributed by atoms with E-state index in [0.29, 0.717) is 11.6 Å². The fourth-order valence-electron chi connectivity index (χ4n) is 1.13. The maximum absolute atomic E-state index is 11.3. The summed E-state index contributed by atoms with van der Waals surface area (Å²) in [7, 11) is 0. The standard InChI is InChI=1S/C10H14N4O4S/c1-2-11-7(15)3-12-10(18)13-4-8-14-6(5-19-8)9(16)17/h5H,2-4H2,1H3,(H,11,15)(H,16,17)(H2,12,13,18). The van der Waals surface area contributed by atoms with Gasteiger partial charge in [0, 0.05) is 11.9 Å². The van der Waals surface area contributed by atoms with E-state index in [2.05, 4.69) is 20.9 Å². The van der Waals surface area contributed by atoms with Crippen LogP contribution in [0.1, 0.15) is 22.4 Å². The Hall–Kier alpha value is -2.16. The van der Waals surface area contributed by atoms with Crippen LogP contribution < -0.4 is 16.0 Å². The molecule has 0 aromatic carbocycles. The molecule has 9 heteroatoms. The molecule has 0 atom stereocenters. The first-order chi connectivity index (χ1) is 9.02. The maximum Gasteiger partial charge on any atom is 0.355 e. The average molecular weight is 286 g/mol. The number of carboxylic acids is 1. The van der Waals surface area contributed by atoms with Gasteiger partial charge in [-0.15, -0.1) is 11.3 Å². The number of urea groups is 1. The molecule has 1 aromatic rings. The van der Waals surface area contributed by atoms with Crippen LogP contribution in [-0.2, 0) is 11.3 Å². The number of carbonyl (C=O) groups is 3. The average Bonchev–Trinajstić information content (AvgIpc) is 2.83. The SMILES string of the molecule is CCNC(=O)CNC(=O)NCc1nc(C(=O)O)cs1. The molecule has 0 aliphatic rings. The van der Waals surface area contributed by atoms with E-state index in [1.54, 1.807) is 6.92 Å². The molecule has 19 heavy (non-hydrogen) atoms. The maximum atomic E-state index is 11.3. The first-order valence-electron chi connectivity index (χ1n) is 5.49. The fourth-order valence-corrected chi connectivity index (χ4v) is 1.84. The van der Waals surface area contributed by atoms with Crippen LogP contribution in [0.3, 0.4) is 0 Å². The highest BCUT2D eigenvalue weighted by molar-refractivity contribution is 7.09. The quantitative estimate of drug-likeness (QED) is 0.576. The van der Waals surface area contributed by atoms with Gasteiger partial charge in [0.1, 0.15) is 5.01 Å². The highest BCUT2D eigenvalue weighted by Crippen LogP contribution is 2.08. The highest BCUT2D eigenvalue weighted by Gasteiger charge is 2.09. The van der Waals surface area contributed by atoms with Gasteiger partial charge in [-0.25, -0.2) is 14.6 Å². The van der Waals surface area contributed by atoms with Gasteiger partial charge in [0.15, 0.2) is 5.69 Å². The van der Waals surface area contributed by atoms with Crippen molar-refractivity contribution in [2.45, 2.75) is 13.5 Å². The summed E-state index contributed by atoms with van der Waals surface area (Å²) in [6.45, 7) is 2.27. The van der Waals surface area contributed by atoms with E-state index in [0.717, 1.165) is 11.3 Å². The molecule has 8 nitrogen and oxygen atoms in total. The number of rotatable bonds is 6. The van der Waals surface area contributed by atoms with E-state index < -0.39 is 12.0 Å². The zero-order valence-electron chi connectivity index (χ0n) is 10.2. The summed E-state index contributed by atoms with van der Waals surface area (Å²) in [5, 5.41) is 17.9. The van der Waals surface area contributed by atoms with Crippen LogP contribution in [0.25, 0.3) is 0 Å². The third kappa shape index (κ3) is 5.34. The molecule has 0 aliphatic heterocycles.